The first-order valence-electron chi connectivity index (χ1n) is 7.46. The summed E-state index contributed by atoms with van der Waals surface area (Å²) in [5.41, 5.74) is 2.92. The van der Waals surface area contributed by atoms with Crippen LogP contribution >= 0.6 is 0 Å². The van der Waals surface area contributed by atoms with E-state index in [9.17, 15) is 9.59 Å². The molecule has 0 aliphatic rings. The summed E-state index contributed by atoms with van der Waals surface area (Å²) in [4.78, 5) is 29.0. The molecule has 24 heavy (non-hydrogen) atoms. The molecular weight excluding hydrogens is 308 g/mol. The van der Waals surface area contributed by atoms with E-state index in [0.29, 0.717) is 16.2 Å². The lowest BCUT2D eigenvalue weighted by molar-refractivity contribution is -0.146. The smallest absolute Gasteiger partial charge is 0.316 e. The van der Waals surface area contributed by atoms with Crippen molar-refractivity contribution in [3.63, 3.8) is 0 Å². The van der Waals surface area contributed by atoms with Gasteiger partial charge in [-0.1, -0.05) is 19.6 Å². The van der Waals surface area contributed by atoms with E-state index >= 15 is 0 Å². The Kier molecular flexibility index (Phi) is 3.99. The second kappa shape index (κ2) is 6.11. The van der Waals surface area contributed by atoms with Gasteiger partial charge in [0.1, 0.15) is 0 Å². The van der Waals surface area contributed by atoms with Crippen molar-refractivity contribution in [1.82, 2.24) is 19.6 Å². The number of allylic oxidation sites excluding steroid dienone is 1. The van der Waals surface area contributed by atoms with Crippen LogP contribution < -0.4 is 10.4 Å². The Hall–Kier alpha value is -3.22. The van der Waals surface area contributed by atoms with E-state index in [1.54, 1.807) is 17.5 Å². The average Bonchev–Trinajstić information content (AvgIpc) is 2.96. The van der Waals surface area contributed by atoms with Gasteiger partial charge in [-0.3, -0.25) is 4.79 Å². The van der Waals surface area contributed by atoms with Crippen LogP contribution in [0.2, 0.25) is 0 Å². The van der Waals surface area contributed by atoms with Crippen LogP contribution in [0.3, 0.4) is 0 Å². The average molecular weight is 324 g/mol. The molecule has 122 valence electrons. The van der Waals surface area contributed by atoms with Crippen LogP contribution in [-0.2, 0) is 4.79 Å². The first-order chi connectivity index (χ1) is 11.5. The fraction of sp³-hybridized carbons (Fsp3) is 0.176. The molecule has 3 aromatic heterocycles. The van der Waals surface area contributed by atoms with Crippen molar-refractivity contribution in [1.29, 1.82) is 0 Å². The number of carbonyl (C=O) groups is 1. The highest BCUT2D eigenvalue weighted by molar-refractivity contribution is 5.87. The zero-order valence-electron chi connectivity index (χ0n) is 13.4. The van der Waals surface area contributed by atoms with Crippen LogP contribution in [0.1, 0.15) is 26.0 Å². The number of rotatable bonds is 4. The Morgan fingerprint density at radius 2 is 2.04 bits per heavy atom. The van der Waals surface area contributed by atoms with E-state index in [2.05, 4.69) is 16.8 Å². The number of pyridine rings is 1. The Bertz CT molecular complexity index is 1000. The summed E-state index contributed by atoms with van der Waals surface area (Å²) >= 11 is 0. The maximum absolute atomic E-state index is 11.9. The van der Waals surface area contributed by atoms with E-state index in [-0.39, 0.29) is 6.42 Å². The summed E-state index contributed by atoms with van der Waals surface area (Å²) < 4.78 is 1.72. The van der Waals surface area contributed by atoms with Crippen LogP contribution in [-0.4, -0.2) is 25.5 Å². The molecule has 0 aliphatic carbocycles. The standard InChI is InChI=1S/C17H16N4O3/c1-4-15(23)24-21-14(22)9-8-12(18-21)16-13-7-5-6-10-20(13)19-17(16)11(2)3/h5-10H,2,4H2,1,3H3. The normalized spacial score (nSPS) is 10.8. The minimum atomic E-state index is -0.540. The second-order valence-corrected chi connectivity index (χ2v) is 5.28. The monoisotopic (exact) mass is 324 g/mol. The van der Waals surface area contributed by atoms with Crippen LogP contribution in [0, 0.1) is 0 Å². The highest BCUT2D eigenvalue weighted by Crippen LogP contribution is 2.29. The lowest BCUT2D eigenvalue weighted by Crippen LogP contribution is -2.32. The van der Waals surface area contributed by atoms with Crippen molar-refractivity contribution in [3.8, 4) is 11.3 Å². The molecule has 0 saturated carbocycles. The number of aromatic nitrogens is 4. The van der Waals surface area contributed by atoms with Gasteiger partial charge in [-0.2, -0.15) is 5.10 Å². The molecule has 0 bridgehead atoms. The highest BCUT2D eigenvalue weighted by Gasteiger charge is 2.17. The fourth-order valence-electron chi connectivity index (χ4n) is 2.30. The summed E-state index contributed by atoms with van der Waals surface area (Å²) in [5, 5.41) is 8.66. The summed E-state index contributed by atoms with van der Waals surface area (Å²) in [6, 6.07) is 8.53. The molecule has 0 N–H and O–H groups in total. The zero-order valence-corrected chi connectivity index (χ0v) is 13.4. The number of fused-ring (bicyclic) bond motifs is 1. The third-order valence-corrected chi connectivity index (χ3v) is 3.45. The largest absolute Gasteiger partial charge is 0.334 e. The first-order valence-corrected chi connectivity index (χ1v) is 7.46. The quantitative estimate of drug-likeness (QED) is 0.733. The molecule has 3 heterocycles. The van der Waals surface area contributed by atoms with Gasteiger partial charge in [-0.05, 0) is 35.5 Å². The number of nitrogens with zero attached hydrogens (tertiary/aromatic N) is 4. The molecule has 0 unspecified atom stereocenters. The minimum absolute atomic E-state index is 0.145. The molecular formula is C17H16N4O3. The van der Waals surface area contributed by atoms with E-state index in [1.165, 1.54) is 6.07 Å². The zero-order chi connectivity index (χ0) is 17.3. The summed E-state index contributed by atoms with van der Waals surface area (Å²) in [5.74, 6) is -0.540. The molecule has 3 rings (SSSR count). The van der Waals surface area contributed by atoms with E-state index in [1.807, 2.05) is 31.3 Å². The van der Waals surface area contributed by atoms with Gasteiger partial charge in [0.2, 0.25) is 0 Å². The van der Waals surface area contributed by atoms with Gasteiger partial charge in [-0.15, -0.1) is 5.10 Å². The minimum Gasteiger partial charge on any atom is -0.316 e. The molecule has 7 nitrogen and oxygen atoms in total. The van der Waals surface area contributed by atoms with Crippen molar-refractivity contribution in [3.05, 3.63) is 59.2 Å². The Labute approximate surface area is 137 Å². The van der Waals surface area contributed by atoms with Crippen LogP contribution in [0.15, 0.2) is 47.9 Å². The van der Waals surface area contributed by atoms with Crippen molar-refractivity contribution < 1.29 is 9.63 Å². The van der Waals surface area contributed by atoms with E-state index in [4.69, 9.17) is 4.84 Å². The maximum atomic E-state index is 11.9. The molecule has 3 aromatic rings. The Morgan fingerprint density at radius 3 is 2.75 bits per heavy atom. The second-order valence-electron chi connectivity index (χ2n) is 5.28. The highest BCUT2D eigenvalue weighted by atomic mass is 16.7. The summed E-state index contributed by atoms with van der Waals surface area (Å²) in [7, 11) is 0. The van der Waals surface area contributed by atoms with Gasteiger partial charge in [0.15, 0.2) is 0 Å². The van der Waals surface area contributed by atoms with Gasteiger partial charge in [-0.25, -0.2) is 9.31 Å². The first kappa shape index (κ1) is 15.7. The lowest BCUT2D eigenvalue weighted by atomic mass is 10.1. The fourth-order valence-corrected chi connectivity index (χ4v) is 2.30. The molecule has 0 spiro atoms. The lowest BCUT2D eigenvalue weighted by Gasteiger charge is -2.06. The van der Waals surface area contributed by atoms with E-state index < -0.39 is 11.5 Å². The maximum Gasteiger partial charge on any atom is 0.334 e. The van der Waals surface area contributed by atoms with Gasteiger partial charge < -0.3 is 4.84 Å². The molecule has 7 heteroatoms. The molecule has 0 saturated heterocycles. The molecule has 0 atom stereocenters. The van der Waals surface area contributed by atoms with Crippen molar-refractivity contribution in [2.75, 3.05) is 0 Å². The van der Waals surface area contributed by atoms with Crippen LogP contribution in [0.25, 0.3) is 22.3 Å². The molecule has 0 amide bonds. The molecule has 0 radical (unpaired) electrons. The predicted molar refractivity (Wildman–Crippen MR) is 89.3 cm³/mol. The van der Waals surface area contributed by atoms with Crippen LogP contribution in [0.5, 0.6) is 0 Å². The number of carbonyl (C=O) groups excluding carboxylic acids is 1. The van der Waals surface area contributed by atoms with Gasteiger partial charge in [0, 0.05) is 18.7 Å². The number of hydrogen-bond donors (Lipinski definition) is 0. The molecule has 0 fully saturated rings. The Balaban J connectivity index is 2.22. The molecule has 0 aromatic carbocycles. The van der Waals surface area contributed by atoms with Crippen molar-refractivity contribution >= 4 is 17.1 Å². The van der Waals surface area contributed by atoms with E-state index in [0.717, 1.165) is 16.7 Å². The summed E-state index contributed by atoms with van der Waals surface area (Å²) in [6.07, 6.45) is 1.96. The van der Waals surface area contributed by atoms with Gasteiger partial charge in [0.05, 0.1) is 22.5 Å². The van der Waals surface area contributed by atoms with Crippen LogP contribution in [0.4, 0.5) is 0 Å². The van der Waals surface area contributed by atoms with Gasteiger partial charge in [0.25, 0.3) is 0 Å². The SMILES string of the molecule is C=C(C)c1nn2ccccc2c1-c1ccc(=O)n(OC(=O)CC)n1. The third kappa shape index (κ3) is 2.71. The van der Waals surface area contributed by atoms with Crippen molar-refractivity contribution in [2.24, 2.45) is 0 Å². The predicted octanol–water partition coefficient (Wildman–Crippen LogP) is 1.96. The number of hydrogen-bond acceptors (Lipinski definition) is 5. The Morgan fingerprint density at radius 1 is 1.25 bits per heavy atom. The topological polar surface area (TPSA) is 78.5 Å². The summed E-state index contributed by atoms with van der Waals surface area (Å²) in [6.45, 7) is 7.44. The molecule has 0 aliphatic heterocycles. The van der Waals surface area contributed by atoms with Crippen molar-refractivity contribution in [2.45, 2.75) is 20.3 Å². The third-order valence-electron chi connectivity index (χ3n) is 3.45. The van der Waals surface area contributed by atoms with Gasteiger partial charge >= 0.3 is 11.5 Å².